The number of H-pyrrole nitrogens is 1. The standard InChI is InChI=1S/C28H38FN5O3/c1-7-18(14-21(30)19-8-10-20(29)11-9-19)24-31-16-22(32-24)25(36)34-13-12-33(17-28(34,5)6)26(37)23(35)15-27(2,3)4/h8-11,14,16,23,30,35H,7,12-13,15,17H2,1-6H3,(H,31,32)/b18-14-,30-21?/t23-/m1/s1. The second kappa shape index (κ2) is 11.0. The van der Waals surface area contributed by atoms with Crippen molar-refractivity contribution in [2.75, 3.05) is 19.6 Å². The van der Waals surface area contributed by atoms with Crippen LogP contribution in [0.25, 0.3) is 5.57 Å². The monoisotopic (exact) mass is 511 g/mol. The Kier molecular flexibility index (Phi) is 8.37. The third-order valence-corrected chi connectivity index (χ3v) is 6.51. The van der Waals surface area contributed by atoms with Crippen molar-refractivity contribution in [2.45, 2.75) is 66.0 Å². The van der Waals surface area contributed by atoms with Gasteiger partial charge in [0, 0.05) is 19.6 Å². The summed E-state index contributed by atoms with van der Waals surface area (Å²) < 4.78 is 13.2. The molecule has 0 radical (unpaired) electrons. The fourth-order valence-corrected chi connectivity index (χ4v) is 4.56. The molecule has 2 amide bonds. The van der Waals surface area contributed by atoms with Crippen LogP contribution in [0.1, 0.15) is 76.3 Å². The summed E-state index contributed by atoms with van der Waals surface area (Å²) in [5.74, 6) is -0.398. The highest BCUT2D eigenvalue weighted by molar-refractivity contribution is 6.10. The van der Waals surface area contributed by atoms with Crippen LogP contribution in [-0.4, -0.2) is 73.7 Å². The molecule has 0 unspecified atom stereocenters. The van der Waals surface area contributed by atoms with E-state index in [4.69, 9.17) is 5.41 Å². The van der Waals surface area contributed by atoms with Crippen molar-refractivity contribution < 1.29 is 19.1 Å². The lowest BCUT2D eigenvalue weighted by molar-refractivity contribution is -0.145. The quantitative estimate of drug-likeness (QED) is 0.482. The third-order valence-electron chi connectivity index (χ3n) is 6.51. The van der Waals surface area contributed by atoms with Crippen LogP contribution in [0.15, 0.2) is 36.5 Å². The number of aromatic nitrogens is 2. The maximum Gasteiger partial charge on any atom is 0.272 e. The highest BCUT2D eigenvalue weighted by Crippen LogP contribution is 2.27. The number of carbonyl (C=O) groups excluding carboxylic acids is 2. The van der Waals surface area contributed by atoms with Gasteiger partial charge in [0.15, 0.2) is 0 Å². The zero-order chi connectivity index (χ0) is 27.5. The lowest BCUT2D eigenvalue weighted by atomic mass is 9.88. The topological polar surface area (TPSA) is 113 Å². The minimum atomic E-state index is -1.07. The van der Waals surface area contributed by atoms with E-state index in [1.165, 1.54) is 18.3 Å². The molecule has 0 aliphatic carbocycles. The van der Waals surface area contributed by atoms with E-state index in [1.807, 2.05) is 41.5 Å². The van der Waals surface area contributed by atoms with Crippen molar-refractivity contribution in [1.82, 2.24) is 19.8 Å². The summed E-state index contributed by atoms with van der Waals surface area (Å²) in [6, 6.07) is 5.72. The number of rotatable bonds is 7. The van der Waals surface area contributed by atoms with Gasteiger partial charge in [0.1, 0.15) is 23.4 Å². The molecule has 2 aromatic rings. The number of allylic oxidation sites excluding steroid dienone is 2. The number of aliphatic hydroxyl groups excluding tert-OH is 1. The Morgan fingerprint density at radius 2 is 1.89 bits per heavy atom. The van der Waals surface area contributed by atoms with Gasteiger partial charge in [0.05, 0.1) is 17.4 Å². The summed E-state index contributed by atoms with van der Waals surface area (Å²) in [7, 11) is 0. The molecular formula is C28H38FN5O3. The fraction of sp³-hybridized carbons (Fsp3) is 0.500. The zero-order valence-corrected chi connectivity index (χ0v) is 22.6. The van der Waals surface area contributed by atoms with Crippen LogP contribution in [0.2, 0.25) is 0 Å². The molecule has 3 rings (SSSR count). The van der Waals surface area contributed by atoms with Crippen LogP contribution in [0.3, 0.4) is 0 Å². The number of benzene rings is 1. The molecule has 1 aliphatic rings. The first-order valence-corrected chi connectivity index (χ1v) is 12.6. The van der Waals surface area contributed by atoms with Gasteiger partial charge >= 0.3 is 0 Å². The summed E-state index contributed by atoms with van der Waals surface area (Å²) in [6.45, 7) is 12.7. The van der Waals surface area contributed by atoms with Gasteiger partial charge in [-0.05, 0) is 73.6 Å². The van der Waals surface area contributed by atoms with Crippen LogP contribution in [0, 0.1) is 16.6 Å². The smallest absolute Gasteiger partial charge is 0.272 e. The molecule has 1 atom stereocenters. The van der Waals surface area contributed by atoms with Gasteiger partial charge in [0.25, 0.3) is 11.8 Å². The van der Waals surface area contributed by atoms with Crippen molar-refractivity contribution in [3.8, 4) is 0 Å². The maximum atomic E-state index is 13.4. The van der Waals surface area contributed by atoms with E-state index in [2.05, 4.69) is 9.97 Å². The summed E-state index contributed by atoms with van der Waals surface area (Å²) >= 11 is 0. The Labute approximate surface area is 218 Å². The first-order chi connectivity index (χ1) is 17.2. The average Bonchev–Trinajstić information content (AvgIpc) is 3.30. The van der Waals surface area contributed by atoms with Crippen molar-refractivity contribution in [3.63, 3.8) is 0 Å². The van der Waals surface area contributed by atoms with Crippen LogP contribution in [-0.2, 0) is 4.79 Å². The number of imidazole rings is 1. The van der Waals surface area contributed by atoms with Crippen LogP contribution < -0.4 is 0 Å². The lowest BCUT2D eigenvalue weighted by Crippen LogP contribution is -2.63. The molecule has 1 aliphatic heterocycles. The van der Waals surface area contributed by atoms with E-state index >= 15 is 0 Å². The number of amides is 2. The molecule has 37 heavy (non-hydrogen) atoms. The second-order valence-corrected chi connectivity index (χ2v) is 11.4. The molecular weight excluding hydrogens is 473 g/mol. The zero-order valence-electron chi connectivity index (χ0n) is 22.6. The number of hydrogen-bond acceptors (Lipinski definition) is 5. The number of piperazine rings is 1. The first kappa shape index (κ1) is 28.2. The largest absolute Gasteiger partial charge is 0.383 e. The second-order valence-electron chi connectivity index (χ2n) is 11.4. The SMILES string of the molecule is CC/C(=C/C(=N)c1ccc(F)cc1)c1ncc(C(=O)N2CCN(C(=O)[C@H](O)CC(C)(C)C)CC2(C)C)[nH]1. The van der Waals surface area contributed by atoms with E-state index in [-0.39, 0.29) is 28.8 Å². The Bertz CT molecular complexity index is 1180. The van der Waals surface area contributed by atoms with Crippen molar-refractivity contribution in [2.24, 2.45) is 5.41 Å². The highest BCUT2D eigenvalue weighted by Gasteiger charge is 2.40. The molecule has 0 saturated carbocycles. The summed E-state index contributed by atoms with van der Waals surface area (Å²) in [6.07, 6.45) is 3.03. The summed E-state index contributed by atoms with van der Waals surface area (Å²) in [5, 5.41) is 18.8. The molecule has 3 N–H and O–H groups in total. The minimum Gasteiger partial charge on any atom is -0.383 e. The number of halogens is 1. The molecule has 200 valence electrons. The predicted octanol–water partition coefficient (Wildman–Crippen LogP) is 4.27. The highest BCUT2D eigenvalue weighted by atomic mass is 19.1. The number of aliphatic hydroxyl groups is 1. The van der Waals surface area contributed by atoms with Gasteiger partial charge < -0.3 is 25.3 Å². The van der Waals surface area contributed by atoms with E-state index in [0.717, 1.165) is 5.57 Å². The molecule has 1 saturated heterocycles. The Balaban J connectivity index is 1.72. The van der Waals surface area contributed by atoms with Gasteiger partial charge in [0.2, 0.25) is 0 Å². The maximum absolute atomic E-state index is 13.4. The number of nitrogens with zero attached hydrogens (tertiary/aromatic N) is 3. The molecule has 1 aromatic carbocycles. The Morgan fingerprint density at radius 1 is 1.24 bits per heavy atom. The molecule has 2 heterocycles. The van der Waals surface area contributed by atoms with Crippen LogP contribution in [0.4, 0.5) is 4.39 Å². The summed E-state index contributed by atoms with van der Waals surface area (Å²) in [4.78, 5) is 37.1. The Morgan fingerprint density at radius 3 is 2.46 bits per heavy atom. The molecule has 1 fully saturated rings. The third kappa shape index (κ3) is 6.91. The van der Waals surface area contributed by atoms with E-state index in [0.29, 0.717) is 49.6 Å². The number of nitrogens with one attached hydrogen (secondary N) is 2. The molecule has 0 bridgehead atoms. The van der Waals surface area contributed by atoms with Crippen molar-refractivity contribution >= 4 is 23.1 Å². The number of aromatic amines is 1. The molecule has 1 aromatic heterocycles. The van der Waals surface area contributed by atoms with Gasteiger partial charge in [-0.3, -0.25) is 9.59 Å². The average molecular weight is 512 g/mol. The van der Waals surface area contributed by atoms with Crippen LogP contribution >= 0.6 is 0 Å². The lowest BCUT2D eigenvalue weighted by Gasteiger charge is -2.47. The minimum absolute atomic E-state index is 0.177. The fourth-order valence-electron chi connectivity index (χ4n) is 4.56. The summed E-state index contributed by atoms with van der Waals surface area (Å²) in [5.41, 5.74) is 1.04. The normalized spacial score (nSPS) is 17.0. The van der Waals surface area contributed by atoms with Gasteiger partial charge in [-0.25, -0.2) is 9.37 Å². The van der Waals surface area contributed by atoms with Gasteiger partial charge in [-0.15, -0.1) is 0 Å². The van der Waals surface area contributed by atoms with Gasteiger partial charge in [-0.1, -0.05) is 27.7 Å². The molecule has 8 nitrogen and oxygen atoms in total. The van der Waals surface area contributed by atoms with Crippen molar-refractivity contribution in [1.29, 1.82) is 5.41 Å². The molecule has 0 spiro atoms. The van der Waals surface area contributed by atoms with E-state index in [9.17, 15) is 19.1 Å². The molecule has 9 heteroatoms. The number of carbonyl (C=O) groups is 2. The Hall–Kier alpha value is -3.33. The van der Waals surface area contributed by atoms with E-state index in [1.54, 1.807) is 28.0 Å². The van der Waals surface area contributed by atoms with Crippen molar-refractivity contribution in [3.05, 3.63) is 59.4 Å². The van der Waals surface area contributed by atoms with Crippen LogP contribution in [0.5, 0.6) is 0 Å². The predicted molar refractivity (Wildman–Crippen MR) is 142 cm³/mol. The van der Waals surface area contributed by atoms with E-state index < -0.39 is 11.6 Å². The number of hydrogen-bond donors (Lipinski definition) is 3. The van der Waals surface area contributed by atoms with Gasteiger partial charge in [-0.2, -0.15) is 0 Å². The first-order valence-electron chi connectivity index (χ1n) is 12.6.